The highest BCUT2D eigenvalue weighted by molar-refractivity contribution is 9.09. The highest BCUT2D eigenvalue weighted by Gasteiger charge is 2.20. The van der Waals surface area contributed by atoms with Gasteiger partial charge in [-0.1, -0.05) is 15.9 Å². The van der Waals surface area contributed by atoms with Crippen molar-refractivity contribution in [1.29, 1.82) is 0 Å². The van der Waals surface area contributed by atoms with Crippen molar-refractivity contribution in [2.75, 3.05) is 0 Å². The lowest BCUT2D eigenvalue weighted by atomic mass is 10.1. The van der Waals surface area contributed by atoms with Crippen molar-refractivity contribution in [2.45, 2.75) is 18.7 Å². The Kier molecular flexibility index (Phi) is 3.82. The Balaban J connectivity index is 2.45. The molecule has 2 aromatic rings. The first-order valence-electron chi connectivity index (χ1n) is 5.25. The molecule has 0 nitrogen and oxygen atoms in total. The zero-order valence-electron chi connectivity index (χ0n) is 9.73. The van der Waals surface area contributed by atoms with Crippen LogP contribution in [0.2, 0.25) is 0 Å². The SMILES string of the molecule is Cc1cc(C(Br)c2cc(F)c(F)cc2F)sc1C. The molecule has 0 amide bonds. The lowest BCUT2D eigenvalue weighted by molar-refractivity contribution is 0.491. The van der Waals surface area contributed by atoms with Gasteiger partial charge in [0.25, 0.3) is 0 Å². The summed E-state index contributed by atoms with van der Waals surface area (Å²) in [5.41, 5.74) is 1.21. The maximum Gasteiger partial charge on any atom is 0.161 e. The smallest absolute Gasteiger partial charge is 0.161 e. The van der Waals surface area contributed by atoms with Crippen LogP contribution in [0.3, 0.4) is 0 Å². The number of hydrogen-bond acceptors (Lipinski definition) is 1. The van der Waals surface area contributed by atoms with Gasteiger partial charge in [0.05, 0.1) is 4.83 Å². The fraction of sp³-hybridized carbons (Fsp3) is 0.231. The van der Waals surface area contributed by atoms with Crippen molar-refractivity contribution in [3.05, 3.63) is 56.5 Å². The molecule has 5 heteroatoms. The maximum absolute atomic E-state index is 13.6. The molecule has 0 aliphatic heterocycles. The summed E-state index contributed by atoms with van der Waals surface area (Å²) < 4.78 is 39.7. The lowest BCUT2D eigenvalue weighted by Crippen LogP contribution is -1.98. The predicted octanol–water partition coefficient (Wildman–Crippen LogP) is 5.27. The number of thiophene rings is 1. The van der Waals surface area contributed by atoms with Gasteiger partial charge in [0.2, 0.25) is 0 Å². The van der Waals surface area contributed by atoms with Crippen molar-refractivity contribution in [3.63, 3.8) is 0 Å². The third-order valence-electron chi connectivity index (χ3n) is 2.75. The third-order valence-corrected chi connectivity index (χ3v) is 5.25. The fourth-order valence-electron chi connectivity index (χ4n) is 1.61. The molecular weight excluding hydrogens is 325 g/mol. The van der Waals surface area contributed by atoms with Gasteiger partial charge in [-0.05, 0) is 31.5 Å². The number of aryl methyl sites for hydroxylation is 2. The van der Waals surface area contributed by atoms with Crippen molar-refractivity contribution in [2.24, 2.45) is 0 Å². The van der Waals surface area contributed by atoms with E-state index < -0.39 is 22.3 Å². The number of rotatable bonds is 2. The molecule has 0 aliphatic carbocycles. The Morgan fingerprint density at radius 2 is 1.61 bits per heavy atom. The average molecular weight is 335 g/mol. The summed E-state index contributed by atoms with van der Waals surface area (Å²) >= 11 is 4.84. The fourth-order valence-corrected chi connectivity index (χ4v) is 3.42. The molecule has 0 N–H and O–H groups in total. The van der Waals surface area contributed by atoms with Crippen molar-refractivity contribution in [3.8, 4) is 0 Å². The molecule has 0 fully saturated rings. The molecule has 18 heavy (non-hydrogen) atoms. The number of halogens is 4. The van der Waals surface area contributed by atoms with E-state index in [1.54, 1.807) is 0 Å². The van der Waals surface area contributed by atoms with Crippen LogP contribution in [0.15, 0.2) is 18.2 Å². The van der Waals surface area contributed by atoms with E-state index in [-0.39, 0.29) is 5.56 Å². The van der Waals surface area contributed by atoms with Gasteiger partial charge in [0.1, 0.15) is 5.82 Å². The standard InChI is InChI=1S/C13H10BrF3S/c1-6-3-12(18-7(6)2)13(14)8-4-10(16)11(17)5-9(8)15/h3-5,13H,1-2H3. The van der Waals surface area contributed by atoms with Crippen LogP contribution in [0.25, 0.3) is 0 Å². The van der Waals surface area contributed by atoms with E-state index in [0.717, 1.165) is 21.4 Å². The topological polar surface area (TPSA) is 0 Å². The second-order valence-corrected chi connectivity index (χ2v) is 6.24. The zero-order valence-corrected chi connectivity index (χ0v) is 12.1. The van der Waals surface area contributed by atoms with Crippen LogP contribution in [0, 0.1) is 31.3 Å². The average Bonchev–Trinajstić information content (AvgIpc) is 2.63. The Morgan fingerprint density at radius 1 is 1.00 bits per heavy atom. The van der Waals surface area contributed by atoms with E-state index in [2.05, 4.69) is 15.9 Å². The summed E-state index contributed by atoms with van der Waals surface area (Å²) in [6.45, 7) is 3.92. The van der Waals surface area contributed by atoms with Crippen LogP contribution in [-0.4, -0.2) is 0 Å². The molecule has 0 saturated heterocycles. The largest absolute Gasteiger partial charge is 0.207 e. The van der Waals surface area contributed by atoms with E-state index in [9.17, 15) is 13.2 Å². The van der Waals surface area contributed by atoms with Crippen molar-refractivity contribution >= 4 is 27.3 Å². The minimum absolute atomic E-state index is 0.107. The van der Waals surface area contributed by atoms with Crippen LogP contribution in [0.5, 0.6) is 0 Å². The Morgan fingerprint density at radius 3 is 2.17 bits per heavy atom. The van der Waals surface area contributed by atoms with Gasteiger partial charge < -0.3 is 0 Å². The van der Waals surface area contributed by atoms with E-state index in [1.165, 1.54) is 11.3 Å². The van der Waals surface area contributed by atoms with Crippen LogP contribution < -0.4 is 0 Å². The first kappa shape index (κ1) is 13.6. The number of benzene rings is 1. The Hall–Kier alpha value is -0.810. The molecule has 1 unspecified atom stereocenters. The molecule has 0 aliphatic rings. The van der Waals surface area contributed by atoms with Crippen LogP contribution >= 0.6 is 27.3 Å². The Labute approximate surface area is 116 Å². The van der Waals surface area contributed by atoms with Gasteiger partial charge in [-0.2, -0.15) is 0 Å². The van der Waals surface area contributed by atoms with Crippen LogP contribution in [-0.2, 0) is 0 Å². The predicted molar refractivity (Wildman–Crippen MR) is 70.9 cm³/mol. The number of hydrogen-bond donors (Lipinski definition) is 0. The molecule has 1 aromatic heterocycles. The quantitative estimate of drug-likeness (QED) is 0.518. The van der Waals surface area contributed by atoms with Gasteiger partial charge in [-0.15, -0.1) is 11.3 Å². The van der Waals surface area contributed by atoms with Gasteiger partial charge in [-0.3, -0.25) is 0 Å². The van der Waals surface area contributed by atoms with E-state index in [0.29, 0.717) is 6.07 Å². The first-order valence-corrected chi connectivity index (χ1v) is 6.98. The van der Waals surface area contributed by atoms with Gasteiger partial charge in [-0.25, -0.2) is 13.2 Å². The summed E-state index contributed by atoms with van der Waals surface area (Å²) in [5, 5.41) is 0. The van der Waals surface area contributed by atoms with Crippen LogP contribution in [0.1, 0.15) is 25.7 Å². The Bertz CT molecular complexity index is 573. The normalized spacial score (nSPS) is 12.8. The number of alkyl halides is 1. The van der Waals surface area contributed by atoms with E-state index in [1.807, 2.05) is 19.9 Å². The zero-order chi connectivity index (χ0) is 13.4. The summed E-state index contributed by atoms with van der Waals surface area (Å²) in [7, 11) is 0. The van der Waals surface area contributed by atoms with Gasteiger partial charge >= 0.3 is 0 Å². The molecule has 0 spiro atoms. The van der Waals surface area contributed by atoms with Crippen LogP contribution in [0.4, 0.5) is 13.2 Å². The second kappa shape index (κ2) is 5.05. The lowest BCUT2D eigenvalue weighted by Gasteiger charge is -2.09. The molecule has 1 atom stereocenters. The minimum atomic E-state index is -1.17. The van der Waals surface area contributed by atoms with Gasteiger partial charge in [0, 0.05) is 21.4 Å². The molecule has 96 valence electrons. The second-order valence-electron chi connectivity index (χ2n) is 4.04. The van der Waals surface area contributed by atoms with E-state index in [4.69, 9.17) is 0 Å². The van der Waals surface area contributed by atoms with Crippen molar-refractivity contribution in [1.82, 2.24) is 0 Å². The van der Waals surface area contributed by atoms with Crippen molar-refractivity contribution < 1.29 is 13.2 Å². The summed E-state index contributed by atoms with van der Waals surface area (Å²) in [5.74, 6) is -2.96. The minimum Gasteiger partial charge on any atom is -0.207 e. The summed E-state index contributed by atoms with van der Waals surface area (Å²) in [6, 6.07) is 3.39. The highest BCUT2D eigenvalue weighted by Crippen LogP contribution is 2.38. The summed E-state index contributed by atoms with van der Waals surface area (Å²) in [6.07, 6.45) is 0. The molecule has 2 rings (SSSR count). The monoisotopic (exact) mass is 334 g/mol. The third kappa shape index (κ3) is 2.47. The van der Waals surface area contributed by atoms with Gasteiger partial charge in [0.15, 0.2) is 11.6 Å². The molecule has 0 saturated carbocycles. The first-order chi connectivity index (χ1) is 8.40. The molecule has 0 bridgehead atoms. The maximum atomic E-state index is 13.6. The molecule has 0 radical (unpaired) electrons. The molecule has 1 aromatic carbocycles. The highest BCUT2D eigenvalue weighted by atomic mass is 79.9. The molecule has 1 heterocycles. The molecular formula is C13H10BrF3S. The van der Waals surface area contributed by atoms with E-state index >= 15 is 0 Å². The summed E-state index contributed by atoms with van der Waals surface area (Å²) in [4.78, 5) is 1.53.